The van der Waals surface area contributed by atoms with Crippen molar-refractivity contribution in [3.8, 4) is 6.07 Å². The first-order valence-electron chi connectivity index (χ1n) is 10.4. The average molecular weight is 393 g/mol. The van der Waals surface area contributed by atoms with Gasteiger partial charge in [-0.1, -0.05) is 18.2 Å². The number of nitrogens with one attached hydrogen (secondary N) is 1. The number of nitrogens with zero attached hydrogens (tertiary/aromatic N) is 3. The second-order valence-electron chi connectivity index (χ2n) is 8.15. The lowest BCUT2D eigenvalue weighted by molar-refractivity contribution is -0.115. The van der Waals surface area contributed by atoms with Crippen molar-refractivity contribution in [2.24, 2.45) is 0 Å². The summed E-state index contributed by atoms with van der Waals surface area (Å²) in [6.07, 6.45) is 3.14. The molecule has 2 aliphatic heterocycles. The number of benzene rings is 1. The Morgan fingerprint density at radius 2 is 2.14 bits per heavy atom. The van der Waals surface area contributed by atoms with Crippen LogP contribution in [0.5, 0.6) is 0 Å². The molecule has 152 valence electrons. The van der Waals surface area contributed by atoms with Gasteiger partial charge in [0.25, 0.3) is 0 Å². The molecule has 0 bridgehead atoms. The lowest BCUT2D eigenvalue weighted by Gasteiger charge is -2.24. The van der Waals surface area contributed by atoms with Crippen LogP contribution in [0.2, 0.25) is 0 Å². The minimum atomic E-state index is -0.101. The summed E-state index contributed by atoms with van der Waals surface area (Å²) in [6.45, 7) is 7.79. The first-order valence-corrected chi connectivity index (χ1v) is 10.4. The van der Waals surface area contributed by atoms with Crippen molar-refractivity contribution in [1.29, 1.82) is 5.26 Å². The van der Waals surface area contributed by atoms with Gasteiger partial charge in [0.15, 0.2) is 0 Å². The fourth-order valence-corrected chi connectivity index (χ4v) is 4.55. The molecule has 1 N–H and O–H groups in total. The number of ether oxygens (including phenoxy) is 1. The van der Waals surface area contributed by atoms with E-state index >= 15 is 0 Å². The zero-order valence-electron chi connectivity index (χ0n) is 17.4. The van der Waals surface area contributed by atoms with E-state index in [2.05, 4.69) is 35.3 Å². The normalized spacial score (nSPS) is 20.6. The van der Waals surface area contributed by atoms with Crippen LogP contribution >= 0.6 is 0 Å². The highest BCUT2D eigenvalue weighted by molar-refractivity contribution is 5.95. The molecule has 0 aliphatic carbocycles. The Kier molecular flexibility index (Phi) is 5.33. The first kappa shape index (κ1) is 19.5. The van der Waals surface area contributed by atoms with Crippen LogP contribution in [0.25, 0.3) is 0 Å². The van der Waals surface area contributed by atoms with Crippen LogP contribution in [-0.4, -0.2) is 35.8 Å². The second kappa shape index (κ2) is 7.92. The summed E-state index contributed by atoms with van der Waals surface area (Å²) in [5.41, 5.74) is 4.87. The Morgan fingerprint density at radius 1 is 1.34 bits per heavy atom. The summed E-state index contributed by atoms with van der Waals surface area (Å²) in [5.74, 6) is 0.499. The van der Waals surface area contributed by atoms with Gasteiger partial charge in [-0.25, -0.2) is 0 Å². The Bertz CT molecular complexity index is 966. The molecule has 0 unspecified atom stereocenters. The van der Waals surface area contributed by atoms with Gasteiger partial charge in [0.2, 0.25) is 5.91 Å². The second-order valence-corrected chi connectivity index (χ2v) is 8.15. The predicted octanol–water partition coefficient (Wildman–Crippen LogP) is 3.55. The fraction of sp³-hybridized carbons (Fsp3) is 0.478. The van der Waals surface area contributed by atoms with Crippen molar-refractivity contribution < 1.29 is 9.53 Å². The number of fused-ring (bicyclic) bond motifs is 1. The molecule has 6 nitrogen and oxygen atoms in total. The average Bonchev–Trinajstić information content (AvgIpc) is 3.38. The van der Waals surface area contributed by atoms with Crippen molar-refractivity contribution in [3.05, 3.63) is 46.6 Å². The van der Waals surface area contributed by atoms with E-state index in [1.807, 2.05) is 30.5 Å². The van der Waals surface area contributed by atoms with Crippen LogP contribution in [0.4, 0.5) is 11.5 Å². The number of amides is 1. The van der Waals surface area contributed by atoms with Crippen LogP contribution < -0.4 is 10.2 Å². The third-order valence-electron chi connectivity index (χ3n) is 6.27. The summed E-state index contributed by atoms with van der Waals surface area (Å²) >= 11 is 0. The quantitative estimate of drug-likeness (QED) is 0.845. The van der Waals surface area contributed by atoms with Gasteiger partial charge in [0, 0.05) is 24.0 Å². The van der Waals surface area contributed by atoms with E-state index < -0.39 is 0 Å². The first-order chi connectivity index (χ1) is 14.0. The Labute approximate surface area is 172 Å². The minimum Gasteiger partial charge on any atom is -0.376 e. The molecule has 1 saturated heterocycles. The van der Waals surface area contributed by atoms with Gasteiger partial charge in [-0.05, 0) is 57.2 Å². The molecular formula is C23H28N4O2. The molecule has 3 heterocycles. The molecular weight excluding hydrogens is 364 g/mol. The lowest BCUT2D eigenvalue weighted by atomic mass is 10.1. The van der Waals surface area contributed by atoms with Crippen molar-refractivity contribution in [1.82, 2.24) is 4.57 Å². The largest absolute Gasteiger partial charge is 0.376 e. The Hall–Kier alpha value is -2.78. The number of aromatic nitrogens is 1. The van der Waals surface area contributed by atoms with Gasteiger partial charge in [-0.2, -0.15) is 5.26 Å². The molecule has 6 heteroatoms. The Balaban J connectivity index is 1.56. The molecule has 2 aliphatic rings. The van der Waals surface area contributed by atoms with Crippen LogP contribution in [-0.2, 0) is 22.5 Å². The topological polar surface area (TPSA) is 70.3 Å². The maximum Gasteiger partial charge on any atom is 0.245 e. The summed E-state index contributed by atoms with van der Waals surface area (Å²) in [5, 5.41) is 12.8. The van der Waals surface area contributed by atoms with Crippen LogP contribution in [0.1, 0.15) is 42.1 Å². The zero-order chi connectivity index (χ0) is 20.5. The van der Waals surface area contributed by atoms with Crippen LogP contribution in [0.15, 0.2) is 24.3 Å². The molecule has 29 heavy (non-hydrogen) atoms. The molecule has 1 fully saturated rings. The van der Waals surface area contributed by atoms with E-state index in [1.54, 1.807) is 0 Å². The van der Waals surface area contributed by atoms with Gasteiger partial charge in [-0.3, -0.25) is 4.79 Å². The predicted molar refractivity (Wildman–Crippen MR) is 113 cm³/mol. The highest BCUT2D eigenvalue weighted by atomic mass is 16.5. The Morgan fingerprint density at radius 3 is 2.86 bits per heavy atom. The SMILES string of the molecule is Cc1c(C#N)c(NC(=O)CN2c3ccccc3C[C@H]2C)n(C[C@H]2CCCO2)c1C. The molecule has 1 aromatic carbocycles. The monoisotopic (exact) mass is 392 g/mol. The van der Waals surface area contributed by atoms with E-state index in [4.69, 9.17) is 4.74 Å². The molecule has 0 saturated carbocycles. The number of hydrogen-bond acceptors (Lipinski definition) is 4. The molecule has 1 aromatic heterocycles. The van der Waals surface area contributed by atoms with Gasteiger partial charge >= 0.3 is 0 Å². The number of carbonyl (C=O) groups is 1. The van der Waals surface area contributed by atoms with Crippen molar-refractivity contribution >= 4 is 17.4 Å². The molecule has 0 radical (unpaired) electrons. The third kappa shape index (κ3) is 3.63. The number of anilines is 2. The highest BCUT2D eigenvalue weighted by Gasteiger charge is 2.29. The number of hydrogen-bond donors (Lipinski definition) is 1. The number of para-hydroxylation sites is 1. The highest BCUT2D eigenvalue weighted by Crippen LogP contribution is 2.32. The van der Waals surface area contributed by atoms with Crippen molar-refractivity contribution in [3.63, 3.8) is 0 Å². The molecule has 4 rings (SSSR count). The molecule has 2 atom stereocenters. The van der Waals surface area contributed by atoms with Gasteiger partial charge < -0.3 is 19.5 Å². The summed E-state index contributed by atoms with van der Waals surface area (Å²) in [4.78, 5) is 15.1. The summed E-state index contributed by atoms with van der Waals surface area (Å²) < 4.78 is 7.84. The van der Waals surface area contributed by atoms with Gasteiger partial charge in [-0.15, -0.1) is 0 Å². The summed E-state index contributed by atoms with van der Waals surface area (Å²) in [6, 6.07) is 10.8. The van der Waals surface area contributed by atoms with Crippen LogP contribution in [0.3, 0.4) is 0 Å². The van der Waals surface area contributed by atoms with Gasteiger partial charge in [0.1, 0.15) is 11.9 Å². The number of carbonyl (C=O) groups excluding carboxylic acids is 1. The number of nitriles is 1. The summed E-state index contributed by atoms with van der Waals surface area (Å²) in [7, 11) is 0. The minimum absolute atomic E-state index is 0.101. The van der Waals surface area contributed by atoms with Crippen LogP contribution in [0, 0.1) is 25.2 Å². The van der Waals surface area contributed by atoms with E-state index in [0.29, 0.717) is 17.9 Å². The van der Waals surface area contributed by atoms with E-state index in [0.717, 1.165) is 42.8 Å². The standard InChI is InChI=1S/C23H28N4O2/c1-15-11-18-7-4-5-9-21(18)26(15)14-22(28)25-23-20(12-24)16(2)17(3)27(23)13-19-8-6-10-29-19/h4-5,7,9,15,19H,6,8,10-11,13-14H2,1-3H3,(H,25,28)/t15-,19-/m1/s1. The molecule has 0 spiro atoms. The zero-order valence-corrected chi connectivity index (χ0v) is 17.4. The fourth-order valence-electron chi connectivity index (χ4n) is 4.55. The van der Waals surface area contributed by atoms with Gasteiger partial charge in [0.05, 0.1) is 24.8 Å². The number of rotatable bonds is 5. The van der Waals surface area contributed by atoms with Crippen molar-refractivity contribution in [2.75, 3.05) is 23.4 Å². The van der Waals surface area contributed by atoms with E-state index in [-0.39, 0.29) is 24.6 Å². The lowest BCUT2D eigenvalue weighted by Crippen LogP contribution is -2.37. The smallest absolute Gasteiger partial charge is 0.245 e. The maximum atomic E-state index is 13.0. The molecule has 1 amide bonds. The molecule has 2 aromatic rings. The maximum absolute atomic E-state index is 13.0. The van der Waals surface area contributed by atoms with Crippen molar-refractivity contribution in [2.45, 2.75) is 58.7 Å². The van der Waals surface area contributed by atoms with E-state index in [9.17, 15) is 10.1 Å². The third-order valence-corrected chi connectivity index (χ3v) is 6.27. The van der Waals surface area contributed by atoms with E-state index in [1.165, 1.54) is 5.56 Å².